The number of hydrogen-bond donors (Lipinski definition) is 2. The van der Waals surface area contributed by atoms with Gasteiger partial charge in [-0.2, -0.15) is 5.26 Å². The second-order valence-electron chi connectivity index (χ2n) is 7.97. The molecule has 32 heavy (non-hydrogen) atoms. The molecule has 5 rings (SSSR count). The van der Waals surface area contributed by atoms with E-state index >= 15 is 0 Å². The zero-order chi connectivity index (χ0) is 21.9. The van der Waals surface area contributed by atoms with E-state index < -0.39 is 0 Å². The van der Waals surface area contributed by atoms with Crippen molar-refractivity contribution in [2.45, 2.75) is 18.9 Å². The third kappa shape index (κ3) is 3.98. The lowest BCUT2D eigenvalue weighted by atomic mass is 10.0. The summed E-state index contributed by atoms with van der Waals surface area (Å²) in [6, 6.07) is 26.1. The van der Waals surface area contributed by atoms with Gasteiger partial charge in [0.05, 0.1) is 28.6 Å². The average Bonchev–Trinajstić information content (AvgIpc) is 2.84. The van der Waals surface area contributed by atoms with E-state index in [1.165, 1.54) is 0 Å². The van der Waals surface area contributed by atoms with Gasteiger partial charge in [0.25, 0.3) is 0 Å². The van der Waals surface area contributed by atoms with Gasteiger partial charge in [-0.05, 0) is 37.1 Å². The van der Waals surface area contributed by atoms with Crippen LogP contribution in [-0.4, -0.2) is 34.3 Å². The minimum Gasteiger partial charge on any atom is -0.393 e. The summed E-state index contributed by atoms with van der Waals surface area (Å²) in [6.07, 6.45) is 1.19. The molecule has 158 valence electrons. The van der Waals surface area contributed by atoms with Crippen LogP contribution >= 0.6 is 0 Å². The minimum atomic E-state index is -0.249. The molecule has 1 aromatic heterocycles. The van der Waals surface area contributed by atoms with Crippen molar-refractivity contribution < 1.29 is 5.11 Å². The van der Waals surface area contributed by atoms with Crippen LogP contribution in [0, 0.1) is 11.3 Å². The molecule has 1 fully saturated rings. The zero-order valence-corrected chi connectivity index (χ0v) is 17.6. The largest absolute Gasteiger partial charge is 0.393 e. The molecule has 6 heteroatoms. The molecular formula is C26H23N5O. The van der Waals surface area contributed by atoms with E-state index in [0.717, 1.165) is 59.5 Å². The summed E-state index contributed by atoms with van der Waals surface area (Å²) in [7, 11) is 0. The predicted octanol–water partition coefficient (Wildman–Crippen LogP) is 4.87. The van der Waals surface area contributed by atoms with E-state index in [4.69, 9.17) is 4.98 Å². The van der Waals surface area contributed by atoms with Gasteiger partial charge in [-0.1, -0.05) is 48.5 Å². The molecular weight excluding hydrogens is 398 g/mol. The molecule has 2 heterocycles. The number of para-hydroxylation sites is 1. The highest BCUT2D eigenvalue weighted by atomic mass is 16.3. The summed E-state index contributed by atoms with van der Waals surface area (Å²) in [5.41, 5.74) is 4.99. The Balaban J connectivity index is 1.49. The monoisotopic (exact) mass is 421 g/mol. The number of aromatic nitrogens is 2. The smallest absolute Gasteiger partial charge is 0.228 e. The van der Waals surface area contributed by atoms with Gasteiger partial charge in [0.2, 0.25) is 5.95 Å². The third-order valence-electron chi connectivity index (χ3n) is 5.83. The van der Waals surface area contributed by atoms with Crippen LogP contribution in [0.5, 0.6) is 0 Å². The average molecular weight is 422 g/mol. The molecule has 3 aromatic carbocycles. The number of nitriles is 1. The van der Waals surface area contributed by atoms with E-state index in [9.17, 15) is 10.4 Å². The van der Waals surface area contributed by atoms with Gasteiger partial charge in [0.1, 0.15) is 6.07 Å². The highest BCUT2D eigenvalue weighted by Crippen LogP contribution is 2.30. The number of aliphatic hydroxyl groups is 1. The lowest BCUT2D eigenvalue weighted by molar-refractivity contribution is 0.145. The Morgan fingerprint density at radius 2 is 1.69 bits per heavy atom. The van der Waals surface area contributed by atoms with Gasteiger partial charge < -0.3 is 15.3 Å². The first-order valence-corrected chi connectivity index (χ1v) is 10.8. The number of hydrogen-bond acceptors (Lipinski definition) is 6. The van der Waals surface area contributed by atoms with E-state index in [2.05, 4.69) is 21.3 Å². The van der Waals surface area contributed by atoms with Gasteiger partial charge in [-0.3, -0.25) is 0 Å². The molecule has 1 saturated heterocycles. The third-order valence-corrected chi connectivity index (χ3v) is 5.83. The summed E-state index contributed by atoms with van der Waals surface area (Å²) in [5, 5.41) is 23.8. The molecule has 4 aromatic rings. The second kappa shape index (κ2) is 8.66. The normalized spacial score (nSPS) is 14.3. The maximum atomic E-state index is 9.77. The Hall–Kier alpha value is -3.95. The number of nitrogens with one attached hydrogen (secondary N) is 1. The van der Waals surface area contributed by atoms with Gasteiger partial charge >= 0.3 is 0 Å². The molecule has 0 radical (unpaired) electrons. The van der Waals surface area contributed by atoms with Crippen LogP contribution < -0.4 is 10.2 Å². The van der Waals surface area contributed by atoms with Gasteiger partial charge in [0.15, 0.2) is 0 Å². The van der Waals surface area contributed by atoms with Gasteiger partial charge in [0, 0.05) is 29.7 Å². The van der Waals surface area contributed by atoms with Crippen LogP contribution in [0.1, 0.15) is 18.4 Å². The summed E-state index contributed by atoms with van der Waals surface area (Å²) >= 11 is 0. The molecule has 1 aliphatic rings. The van der Waals surface area contributed by atoms with E-state index in [-0.39, 0.29) is 6.10 Å². The van der Waals surface area contributed by atoms with Gasteiger partial charge in [-0.15, -0.1) is 0 Å². The van der Waals surface area contributed by atoms with Crippen LogP contribution in [0.4, 0.5) is 17.3 Å². The SMILES string of the molecule is N#Cc1cc(Nc2nc(-c3ccccc3)c3ccccc3n2)ccc1N1CCC(O)CC1. The molecule has 2 N–H and O–H groups in total. The fraction of sp³-hybridized carbons (Fsp3) is 0.192. The summed E-state index contributed by atoms with van der Waals surface area (Å²) < 4.78 is 0. The Labute approximate surface area is 186 Å². The fourth-order valence-corrected chi connectivity index (χ4v) is 4.16. The molecule has 6 nitrogen and oxygen atoms in total. The number of piperidine rings is 1. The molecule has 1 aliphatic heterocycles. The van der Waals surface area contributed by atoms with Crippen molar-refractivity contribution in [2.24, 2.45) is 0 Å². The molecule has 0 atom stereocenters. The molecule has 0 aliphatic carbocycles. The van der Waals surface area contributed by atoms with Crippen LogP contribution in [0.3, 0.4) is 0 Å². The number of anilines is 3. The number of rotatable bonds is 4. The second-order valence-corrected chi connectivity index (χ2v) is 7.97. The first-order valence-electron chi connectivity index (χ1n) is 10.8. The van der Waals surface area contributed by atoms with E-state index in [1.807, 2.05) is 72.8 Å². The molecule has 0 amide bonds. The molecule has 0 saturated carbocycles. The predicted molar refractivity (Wildman–Crippen MR) is 127 cm³/mol. The summed E-state index contributed by atoms with van der Waals surface area (Å²) in [6.45, 7) is 1.49. The zero-order valence-electron chi connectivity index (χ0n) is 17.6. The standard InChI is InChI=1S/C26H23N5O/c27-17-19-16-20(10-11-24(19)31-14-12-21(32)13-15-31)28-26-29-23-9-5-4-8-22(23)25(30-26)18-6-2-1-3-7-18/h1-11,16,21,32H,12-15H2,(H,28,29,30). The quantitative estimate of drug-likeness (QED) is 0.489. The first kappa shape index (κ1) is 20.0. The van der Waals surface area contributed by atoms with Crippen molar-refractivity contribution in [1.82, 2.24) is 9.97 Å². The Bertz CT molecular complexity index is 1290. The highest BCUT2D eigenvalue weighted by Gasteiger charge is 2.20. The summed E-state index contributed by atoms with van der Waals surface area (Å²) in [5.74, 6) is 0.486. The lowest BCUT2D eigenvalue weighted by Gasteiger charge is -2.32. The van der Waals surface area contributed by atoms with E-state index in [1.54, 1.807) is 0 Å². The lowest BCUT2D eigenvalue weighted by Crippen LogP contribution is -2.36. The van der Waals surface area contributed by atoms with Crippen LogP contribution in [0.25, 0.3) is 22.2 Å². The van der Waals surface area contributed by atoms with Crippen molar-refractivity contribution in [1.29, 1.82) is 5.26 Å². The van der Waals surface area contributed by atoms with Crippen LogP contribution in [0.15, 0.2) is 72.8 Å². The Kier molecular flexibility index (Phi) is 5.40. The van der Waals surface area contributed by atoms with Crippen molar-refractivity contribution in [3.8, 4) is 17.3 Å². The number of aliphatic hydroxyl groups excluding tert-OH is 1. The topological polar surface area (TPSA) is 85.1 Å². The van der Waals surface area contributed by atoms with Crippen molar-refractivity contribution >= 4 is 28.2 Å². The number of nitrogens with zero attached hydrogens (tertiary/aromatic N) is 4. The maximum absolute atomic E-state index is 9.77. The molecule has 0 bridgehead atoms. The van der Waals surface area contributed by atoms with Crippen molar-refractivity contribution in [2.75, 3.05) is 23.3 Å². The minimum absolute atomic E-state index is 0.249. The Morgan fingerprint density at radius 1 is 0.938 bits per heavy atom. The van der Waals surface area contributed by atoms with E-state index in [0.29, 0.717) is 11.5 Å². The Morgan fingerprint density at radius 3 is 2.47 bits per heavy atom. The van der Waals surface area contributed by atoms with Gasteiger partial charge in [-0.25, -0.2) is 9.97 Å². The summed E-state index contributed by atoms with van der Waals surface area (Å²) in [4.78, 5) is 11.7. The van der Waals surface area contributed by atoms with Crippen LogP contribution in [-0.2, 0) is 0 Å². The van der Waals surface area contributed by atoms with Crippen molar-refractivity contribution in [3.05, 3.63) is 78.4 Å². The number of benzene rings is 3. The molecule has 0 spiro atoms. The fourth-order valence-electron chi connectivity index (χ4n) is 4.16. The maximum Gasteiger partial charge on any atom is 0.228 e. The highest BCUT2D eigenvalue weighted by molar-refractivity contribution is 5.93. The van der Waals surface area contributed by atoms with Crippen LogP contribution in [0.2, 0.25) is 0 Å². The number of fused-ring (bicyclic) bond motifs is 1. The first-order chi connectivity index (χ1) is 15.7. The molecule has 0 unspecified atom stereocenters. The van der Waals surface area contributed by atoms with Crippen molar-refractivity contribution in [3.63, 3.8) is 0 Å².